The van der Waals surface area contributed by atoms with Crippen LogP contribution in [0.15, 0.2) is 24.3 Å². The van der Waals surface area contributed by atoms with Crippen molar-refractivity contribution in [3.63, 3.8) is 0 Å². The van der Waals surface area contributed by atoms with E-state index in [1.165, 1.54) is 11.3 Å². The number of carbonyl (C=O) groups excluding carboxylic acids is 2. The van der Waals surface area contributed by atoms with E-state index < -0.39 is 12.0 Å². The summed E-state index contributed by atoms with van der Waals surface area (Å²) in [4.78, 5) is 25.5. The number of rotatable bonds is 5. The van der Waals surface area contributed by atoms with Crippen molar-refractivity contribution in [2.45, 2.75) is 38.7 Å². The van der Waals surface area contributed by atoms with Crippen LogP contribution in [0.3, 0.4) is 0 Å². The summed E-state index contributed by atoms with van der Waals surface area (Å²) < 4.78 is 5.62. The summed E-state index contributed by atoms with van der Waals surface area (Å²) in [7, 11) is 0. The number of nitrogens with two attached hydrogens (primary N) is 1. The summed E-state index contributed by atoms with van der Waals surface area (Å²) in [6, 6.07) is 6.79. The first-order chi connectivity index (χ1) is 12.0. The summed E-state index contributed by atoms with van der Waals surface area (Å²) in [5.74, 6) is -0.273. The first-order valence-electron chi connectivity index (χ1n) is 8.13. The fraction of sp³-hybridized carbons (Fsp3) is 0.333. The van der Waals surface area contributed by atoms with Crippen LogP contribution in [0.2, 0.25) is 5.02 Å². The number of halogens is 1. The van der Waals surface area contributed by atoms with E-state index in [1.54, 1.807) is 31.2 Å². The fourth-order valence-corrected chi connectivity index (χ4v) is 4.32. The van der Waals surface area contributed by atoms with Crippen LogP contribution in [0.1, 0.15) is 40.6 Å². The van der Waals surface area contributed by atoms with Crippen molar-refractivity contribution in [1.82, 2.24) is 0 Å². The monoisotopic (exact) mass is 378 g/mol. The van der Waals surface area contributed by atoms with Gasteiger partial charge in [0.25, 0.3) is 11.8 Å². The Balaban J connectivity index is 1.75. The predicted octanol–water partition coefficient (Wildman–Crippen LogP) is 3.79. The molecule has 1 aromatic heterocycles. The second-order valence-corrected chi connectivity index (χ2v) is 7.52. The SMILES string of the molecule is C[C@H](Oc1ccc(Cl)cc1)C(=O)Nc1sc2c(c1C(N)=O)CCCC2. The lowest BCUT2D eigenvalue weighted by molar-refractivity contribution is -0.122. The zero-order chi connectivity index (χ0) is 18.0. The highest BCUT2D eigenvalue weighted by Gasteiger charge is 2.26. The molecule has 0 fully saturated rings. The number of nitrogens with one attached hydrogen (secondary N) is 1. The Bertz CT molecular complexity index is 801. The quantitative estimate of drug-likeness (QED) is 0.830. The van der Waals surface area contributed by atoms with Gasteiger partial charge in [-0.25, -0.2) is 0 Å². The van der Waals surface area contributed by atoms with Crippen LogP contribution in [0, 0.1) is 0 Å². The van der Waals surface area contributed by atoms with Crippen molar-refractivity contribution in [2.24, 2.45) is 5.73 Å². The zero-order valence-corrected chi connectivity index (χ0v) is 15.4. The summed E-state index contributed by atoms with van der Waals surface area (Å²) >= 11 is 7.28. The predicted molar refractivity (Wildman–Crippen MR) is 99.7 cm³/mol. The lowest BCUT2D eigenvalue weighted by atomic mass is 9.95. The van der Waals surface area contributed by atoms with Gasteiger partial charge in [-0.05, 0) is 62.4 Å². The Kier molecular flexibility index (Phi) is 5.30. The van der Waals surface area contributed by atoms with Crippen LogP contribution in [-0.4, -0.2) is 17.9 Å². The van der Waals surface area contributed by atoms with Gasteiger partial charge in [0, 0.05) is 9.90 Å². The third-order valence-electron chi connectivity index (χ3n) is 4.15. The smallest absolute Gasteiger partial charge is 0.265 e. The zero-order valence-electron chi connectivity index (χ0n) is 13.8. The molecule has 7 heteroatoms. The van der Waals surface area contributed by atoms with E-state index in [1.807, 2.05) is 0 Å². The normalized spacial score (nSPS) is 14.5. The Labute approximate surface area is 155 Å². The minimum atomic E-state index is -0.721. The maximum Gasteiger partial charge on any atom is 0.265 e. The van der Waals surface area contributed by atoms with Crippen LogP contribution >= 0.6 is 22.9 Å². The molecule has 0 unspecified atom stereocenters. The van der Waals surface area contributed by atoms with Crippen LogP contribution in [-0.2, 0) is 17.6 Å². The number of carbonyl (C=O) groups is 2. The molecule has 1 aromatic carbocycles. The van der Waals surface area contributed by atoms with Crippen LogP contribution in [0.5, 0.6) is 5.75 Å². The molecule has 3 N–H and O–H groups in total. The topological polar surface area (TPSA) is 81.4 Å². The van der Waals surface area contributed by atoms with E-state index in [0.717, 1.165) is 36.1 Å². The molecular weight excluding hydrogens is 360 g/mol. The molecule has 1 atom stereocenters. The molecule has 2 aromatic rings. The number of benzene rings is 1. The van der Waals surface area contributed by atoms with Gasteiger partial charge in [0.2, 0.25) is 0 Å². The Morgan fingerprint density at radius 2 is 1.92 bits per heavy atom. The molecule has 25 heavy (non-hydrogen) atoms. The number of ether oxygens (including phenoxy) is 1. The number of primary amides is 1. The third-order valence-corrected chi connectivity index (χ3v) is 5.61. The van der Waals surface area contributed by atoms with Crippen LogP contribution in [0.25, 0.3) is 0 Å². The minimum Gasteiger partial charge on any atom is -0.481 e. The highest BCUT2D eigenvalue weighted by molar-refractivity contribution is 7.17. The number of hydrogen-bond donors (Lipinski definition) is 2. The second-order valence-electron chi connectivity index (χ2n) is 5.98. The number of amides is 2. The first-order valence-corrected chi connectivity index (χ1v) is 9.32. The number of aryl methyl sites for hydroxylation is 1. The van der Waals surface area contributed by atoms with Crippen LogP contribution < -0.4 is 15.8 Å². The Morgan fingerprint density at radius 1 is 1.24 bits per heavy atom. The summed E-state index contributed by atoms with van der Waals surface area (Å²) in [6.07, 6.45) is 3.16. The Morgan fingerprint density at radius 3 is 2.60 bits per heavy atom. The molecule has 0 radical (unpaired) electrons. The van der Waals surface area contributed by atoms with E-state index in [-0.39, 0.29) is 5.91 Å². The number of fused-ring (bicyclic) bond motifs is 1. The average Bonchev–Trinajstić information content (AvgIpc) is 2.94. The van der Waals surface area contributed by atoms with Crippen molar-refractivity contribution in [3.05, 3.63) is 45.3 Å². The van der Waals surface area contributed by atoms with Gasteiger partial charge >= 0.3 is 0 Å². The molecule has 5 nitrogen and oxygen atoms in total. The van der Waals surface area contributed by atoms with Gasteiger partial charge in [-0.3, -0.25) is 9.59 Å². The molecule has 132 valence electrons. The standard InChI is InChI=1S/C18H19ClN2O3S/c1-10(24-12-8-6-11(19)7-9-12)17(23)21-18-15(16(20)22)13-4-2-3-5-14(13)25-18/h6-10H,2-5H2,1H3,(H2,20,22)(H,21,23)/t10-/m0/s1. The van der Waals surface area contributed by atoms with E-state index in [0.29, 0.717) is 21.3 Å². The largest absolute Gasteiger partial charge is 0.481 e. The van der Waals surface area contributed by atoms with Crippen molar-refractivity contribution in [2.75, 3.05) is 5.32 Å². The van der Waals surface area contributed by atoms with E-state index in [9.17, 15) is 9.59 Å². The molecule has 1 heterocycles. The highest BCUT2D eigenvalue weighted by Crippen LogP contribution is 2.38. The van der Waals surface area contributed by atoms with E-state index in [2.05, 4.69) is 5.32 Å². The molecule has 3 rings (SSSR count). The van der Waals surface area contributed by atoms with Crippen molar-refractivity contribution >= 4 is 39.8 Å². The molecule has 0 saturated heterocycles. The van der Waals surface area contributed by atoms with Gasteiger partial charge in [0.15, 0.2) is 6.10 Å². The maximum absolute atomic E-state index is 12.5. The summed E-state index contributed by atoms with van der Waals surface area (Å²) in [6.45, 7) is 1.65. The fourth-order valence-electron chi connectivity index (χ4n) is 2.90. The van der Waals surface area contributed by atoms with Gasteiger partial charge in [-0.1, -0.05) is 11.6 Å². The van der Waals surface area contributed by atoms with Gasteiger partial charge in [0.05, 0.1) is 5.56 Å². The van der Waals surface area contributed by atoms with Crippen molar-refractivity contribution < 1.29 is 14.3 Å². The number of hydrogen-bond acceptors (Lipinski definition) is 4. The molecule has 0 spiro atoms. The van der Waals surface area contributed by atoms with Gasteiger partial charge in [-0.15, -0.1) is 11.3 Å². The van der Waals surface area contributed by atoms with E-state index in [4.69, 9.17) is 22.1 Å². The summed E-state index contributed by atoms with van der Waals surface area (Å²) in [5, 5.41) is 3.93. The van der Waals surface area contributed by atoms with Gasteiger partial charge < -0.3 is 15.8 Å². The third kappa shape index (κ3) is 3.96. The number of anilines is 1. The van der Waals surface area contributed by atoms with E-state index >= 15 is 0 Å². The maximum atomic E-state index is 12.5. The minimum absolute atomic E-state index is 0.323. The highest BCUT2D eigenvalue weighted by atomic mass is 35.5. The van der Waals surface area contributed by atoms with Crippen LogP contribution in [0.4, 0.5) is 5.00 Å². The van der Waals surface area contributed by atoms with Gasteiger partial charge in [-0.2, -0.15) is 0 Å². The first kappa shape index (κ1) is 17.8. The molecular formula is C18H19ClN2O3S. The van der Waals surface area contributed by atoms with Gasteiger partial charge in [0.1, 0.15) is 10.8 Å². The lowest BCUT2D eigenvalue weighted by Gasteiger charge is -2.15. The second kappa shape index (κ2) is 7.45. The molecule has 0 aliphatic heterocycles. The summed E-state index contributed by atoms with van der Waals surface area (Å²) in [5.41, 5.74) is 6.99. The number of thiophene rings is 1. The van der Waals surface area contributed by atoms with Crippen molar-refractivity contribution in [3.8, 4) is 5.75 Å². The molecule has 1 aliphatic rings. The molecule has 0 bridgehead atoms. The van der Waals surface area contributed by atoms with Crippen molar-refractivity contribution in [1.29, 1.82) is 0 Å². The average molecular weight is 379 g/mol. The molecule has 1 aliphatic carbocycles. The Hall–Kier alpha value is -2.05. The molecule has 2 amide bonds. The molecule has 0 saturated carbocycles. The lowest BCUT2D eigenvalue weighted by Crippen LogP contribution is -2.30.